The number of aromatic nitrogens is 6. The predicted molar refractivity (Wildman–Crippen MR) is 145 cm³/mol. The fraction of sp³-hybridized carbons (Fsp3) is 0.296. The van der Waals surface area contributed by atoms with Crippen molar-refractivity contribution in [3.05, 3.63) is 49.2 Å². The van der Waals surface area contributed by atoms with Gasteiger partial charge in [0.05, 0.1) is 65.1 Å². The van der Waals surface area contributed by atoms with Gasteiger partial charge in [0.1, 0.15) is 5.69 Å². The summed E-state index contributed by atoms with van der Waals surface area (Å²) in [4.78, 5) is 33.4. The SMILES string of the molecule is CN(C)CC(=O)Nc1cncc(-c2cc3c(-c4cc5c(N6CCCCC6)cncc5[nH]4)n[nH]c3cn2)c1. The Balaban J connectivity index is 1.35. The predicted octanol–water partition coefficient (Wildman–Crippen LogP) is 4.05. The van der Waals surface area contributed by atoms with Gasteiger partial charge in [-0.25, -0.2) is 0 Å². The molecule has 0 bridgehead atoms. The highest BCUT2D eigenvalue weighted by atomic mass is 16.2. The van der Waals surface area contributed by atoms with Crippen molar-refractivity contribution in [2.45, 2.75) is 19.3 Å². The fourth-order valence-corrected chi connectivity index (χ4v) is 4.97. The molecule has 0 spiro atoms. The fourth-order valence-electron chi connectivity index (χ4n) is 4.97. The second-order valence-electron chi connectivity index (χ2n) is 9.79. The molecule has 0 aliphatic carbocycles. The van der Waals surface area contributed by atoms with Crippen LogP contribution in [0.15, 0.2) is 49.2 Å². The largest absolute Gasteiger partial charge is 0.370 e. The molecule has 1 aliphatic rings. The number of carbonyl (C=O) groups is 1. The number of rotatable bonds is 6. The lowest BCUT2D eigenvalue weighted by Gasteiger charge is -2.28. The minimum absolute atomic E-state index is 0.0956. The number of nitrogens with zero attached hydrogens (tertiary/aromatic N) is 6. The monoisotopic (exact) mass is 495 g/mol. The van der Waals surface area contributed by atoms with Gasteiger partial charge in [0.25, 0.3) is 0 Å². The number of likely N-dealkylation sites (N-methyl/N-ethyl adjacent to an activating group) is 1. The van der Waals surface area contributed by atoms with Gasteiger partial charge >= 0.3 is 0 Å². The van der Waals surface area contributed by atoms with Crippen LogP contribution in [-0.2, 0) is 4.79 Å². The number of hydrogen-bond donors (Lipinski definition) is 3. The van der Waals surface area contributed by atoms with E-state index in [0.717, 1.165) is 57.5 Å². The standard InChI is InChI=1S/C27H29N9O/c1-35(2)16-26(37)31-18-8-17(11-28-12-18)21-10-20-24(14-30-21)33-34-27(20)22-9-19-23(32-22)13-29-15-25(19)36-6-4-3-5-7-36/h8-15,32H,3-7,16H2,1-2H3,(H,31,37)(H,33,34). The van der Waals surface area contributed by atoms with Crippen molar-refractivity contribution < 1.29 is 4.79 Å². The van der Waals surface area contributed by atoms with Crippen LogP contribution in [-0.4, -0.2) is 74.7 Å². The van der Waals surface area contributed by atoms with Gasteiger partial charge in [-0.1, -0.05) is 0 Å². The minimum atomic E-state index is -0.0956. The van der Waals surface area contributed by atoms with Crippen molar-refractivity contribution >= 4 is 39.1 Å². The number of nitrogens with one attached hydrogen (secondary N) is 3. The molecular weight excluding hydrogens is 466 g/mol. The lowest BCUT2D eigenvalue weighted by molar-refractivity contribution is -0.116. The van der Waals surface area contributed by atoms with Crippen LogP contribution in [0.4, 0.5) is 11.4 Å². The van der Waals surface area contributed by atoms with Crippen molar-refractivity contribution in [2.24, 2.45) is 0 Å². The van der Waals surface area contributed by atoms with Gasteiger partial charge < -0.3 is 20.1 Å². The lowest BCUT2D eigenvalue weighted by Crippen LogP contribution is -2.29. The second-order valence-corrected chi connectivity index (χ2v) is 9.79. The molecule has 6 heterocycles. The zero-order valence-electron chi connectivity index (χ0n) is 21.0. The van der Waals surface area contributed by atoms with E-state index in [0.29, 0.717) is 12.2 Å². The summed E-state index contributed by atoms with van der Waals surface area (Å²) in [6.07, 6.45) is 12.7. The number of carbonyl (C=O) groups excluding carboxylic acids is 1. The van der Waals surface area contributed by atoms with Gasteiger partial charge in [0.15, 0.2) is 0 Å². The molecule has 0 atom stereocenters. The summed E-state index contributed by atoms with van der Waals surface area (Å²) in [5.74, 6) is -0.0956. The zero-order chi connectivity index (χ0) is 25.4. The van der Waals surface area contributed by atoms with E-state index in [4.69, 9.17) is 0 Å². The average Bonchev–Trinajstić information content (AvgIpc) is 3.52. The average molecular weight is 496 g/mol. The molecule has 6 rings (SSSR count). The Morgan fingerprint density at radius 3 is 2.65 bits per heavy atom. The van der Waals surface area contributed by atoms with E-state index in [2.05, 4.69) is 46.4 Å². The number of amides is 1. The Bertz CT molecular complexity index is 1580. The van der Waals surface area contributed by atoms with E-state index in [1.807, 2.05) is 43.5 Å². The topological polar surface area (TPSA) is 119 Å². The molecule has 0 saturated carbocycles. The van der Waals surface area contributed by atoms with E-state index in [-0.39, 0.29) is 5.91 Å². The van der Waals surface area contributed by atoms with E-state index >= 15 is 0 Å². The van der Waals surface area contributed by atoms with Crippen molar-refractivity contribution in [2.75, 3.05) is 43.9 Å². The highest BCUT2D eigenvalue weighted by molar-refractivity contribution is 6.00. The summed E-state index contributed by atoms with van der Waals surface area (Å²) in [7, 11) is 3.71. The molecule has 1 fully saturated rings. The van der Waals surface area contributed by atoms with Crippen LogP contribution >= 0.6 is 0 Å². The molecule has 1 amide bonds. The zero-order valence-corrected chi connectivity index (χ0v) is 21.0. The van der Waals surface area contributed by atoms with Crippen molar-refractivity contribution in [3.63, 3.8) is 0 Å². The molecule has 10 nitrogen and oxygen atoms in total. The van der Waals surface area contributed by atoms with E-state index in [9.17, 15) is 4.79 Å². The van der Waals surface area contributed by atoms with Gasteiger partial charge in [-0.05, 0) is 51.6 Å². The highest BCUT2D eigenvalue weighted by Gasteiger charge is 2.18. The molecule has 37 heavy (non-hydrogen) atoms. The molecular formula is C27H29N9O. The number of fused-ring (bicyclic) bond motifs is 2. The molecule has 1 saturated heterocycles. The van der Waals surface area contributed by atoms with E-state index in [1.165, 1.54) is 24.9 Å². The summed E-state index contributed by atoms with van der Waals surface area (Å²) in [6.45, 7) is 2.42. The number of hydrogen-bond acceptors (Lipinski definition) is 7. The van der Waals surface area contributed by atoms with Gasteiger partial charge in [0, 0.05) is 35.6 Å². The lowest BCUT2D eigenvalue weighted by atomic mass is 10.1. The van der Waals surface area contributed by atoms with Gasteiger partial charge in [0.2, 0.25) is 5.91 Å². The van der Waals surface area contributed by atoms with Crippen LogP contribution in [0.1, 0.15) is 19.3 Å². The molecule has 10 heteroatoms. The number of pyridine rings is 3. The van der Waals surface area contributed by atoms with Crippen LogP contribution in [0.25, 0.3) is 44.5 Å². The Hall–Kier alpha value is -4.31. The normalized spacial score (nSPS) is 14.1. The Morgan fingerprint density at radius 1 is 0.973 bits per heavy atom. The maximum atomic E-state index is 12.2. The smallest absolute Gasteiger partial charge is 0.238 e. The first kappa shape index (κ1) is 23.1. The molecule has 0 aromatic carbocycles. The van der Waals surface area contributed by atoms with Crippen LogP contribution in [0.3, 0.4) is 0 Å². The van der Waals surface area contributed by atoms with Crippen molar-refractivity contribution in [1.29, 1.82) is 0 Å². The Kier molecular flexibility index (Phi) is 6.01. The maximum absolute atomic E-state index is 12.2. The first-order valence-corrected chi connectivity index (χ1v) is 12.5. The third-order valence-electron chi connectivity index (χ3n) is 6.70. The van der Waals surface area contributed by atoms with Crippen LogP contribution < -0.4 is 10.2 Å². The quantitative estimate of drug-likeness (QED) is 0.325. The van der Waals surface area contributed by atoms with Gasteiger partial charge in [-0.2, -0.15) is 5.10 Å². The maximum Gasteiger partial charge on any atom is 0.238 e. The first-order valence-electron chi connectivity index (χ1n) is 12.5. The third kappa shape index (κ3) is 4.63. The number of anilines is 2. The minimum Gasteiger partial charge on any atom is -0.370 e. The van der Waals surface area contributed by atoms with Crippen LogP contribution in [0.5, 0.6) is 0 Å². The third-order valence-corrected chi connectivity index (χ3v) is 6.70. The summed E-state index contributed by atoms with van der Waals surface area (Å²) < 4.78 is 0. The second kappa shape index (κ2) is 9.62. The molecule has 3 N–H and O–H groups in total. The molecule has 5 aromatic rings. The highest BCUT2D eigenvalue weighted by Crippen LogP contribution is 2.34. The summed E-state index contributed by atoms with van der Waals surface area (Å²) in [5, 5.41) is 12.7. The molecule has 188 valence electrons. The summed E-state index contributed by atoms with van der Waals surface area (Å²) >= 11 is 0. The van der Waals surface area contributed by atoms with E-state index < -0.39 is 0 Å². The first-order chi connectivity index (χ1) is 18.0. The van der Waals surface area contributed by atoms with Crippen molar-refractivity contribution in [3.8, 4) is 22.6 Å². The van der Waals surface area contributed by atoms with Crippen molar-refractivity contribution in [1.82, 2.24) is 35.0 Å². The number of H-pyrrole nitrogens is 2. The van der Waals surface area contributed by atoms with Gasteiger partial charge in [-0.15, -0.1) is 0 Å². The van der Waals surface area contributed by atoms with Crippen LogP contribution in [0.2, 0.25) is 0 Å². The number of piperidine rings is 1. The summed E-state index contributed by atoms with van der Waals surface area (Å²) in [6, 6.07) is 6.05. The molecule has 1 aliphatic heterocycles. The summed E-state index contributed by atoms with van der Waals surface area (Å²) in [5.41, 5.74) is 6.94. The number of aromatic amines is 2. The van der Waals surface area contributed by atoms with Gasteiger partial charge in [-0.3, -0.25) is 24.8 Å². The Labute approximate surface area is 214 Å². The molecule has 0 radical (unpaired) electrons. The Morgan fingerprint density at radius 2 is 1.81 bits per heavy atom. The molecule has 5 aromatic heterocycles. The van der Waals surface area contributed by atoms with Crippen LogP contribution in [0, 0.1) is 0 Å². The van der Waals surface area contributed by atoms with E-state index in [1.54, 1.807) is 18.6 Å². The molecule has 0 unspecified atom stereocenters.